The van der Waals surface area contributed by atoms with Crippen LogP contribution in [0.2, 0.25) is 0 Å². The van der Waals surface area contributed by atoms with E-state index in [1.165, 1.54) is 4.31 Å². The number of aromatic nitrogens is 1. The zero-order valence-corrected chi connectivity index (χ0v) is 12.9. The van der Waals surface area contributed by atoms with Gasteiger partial charge in [0.15, 0.2) is 0 Å². The maximum Gasteiger partial charge on any atom is 0.221 e. The maximum atomic E-state index is 11.7. The summed E-state index contributed by atoms with van der Waals surface area (Å²) in [6.45, 7) is 4.14. The van der Waals surface area contributed by atoms with Crippen LogP contribution in [0.15, 0.2) is 24.5 Å². The number of nitrogens with zero attached hydrogens (tertiary/aromatic N) is 2. The molecule has 0 spiro atoms. The van der Waals surface area contributed by atoms with Crippen molar-refractivity contribution in [2.24, 2.45) is 0 Å². The molecule has 1 aromatic rings. The van der Waals surface area contributed by atoms with Gasteiger partial charge >= 0.3 is 0 Å². The second-order valence-corrected chi connectivity index (χ2v) is 6.91. The SMILES string of the molecule is CC(C)NC(=O)CCN(Cc1ccncc1)S(C)(=O)=O. The number of amides is 1. The van der Waals surface area contributed by atoms with E-state index in [0.717, 1.165) is 11.8 Å². The molecule has 0 unspecified atom stereocenters. The van der Waals surface area contributed by atoms with E-state index in [4.69, 9.17) is 0 Å². The van der Waals surface area contributed by atoms with E-state index in [2.05, 4.69) is 10.3 Å². The Bertz CT molecular complexity index is 529. The summed E-state index contributed by atoms with van der Waals surface area (Å²) < 4.78 is 24.8. The number of nitrogens with one attached hydrogen (secondary N) is 1. The highest BCUT2D eigenvalue weighted by Gasteiger charge is 2.18. The van der Waals surface area contributed by atoms with Crippen molar-refractivity contribution in [3.8, 4) is 0 Å². The number of carbonyl (C=O) groups is 1. The van der Waals surface area contributed by atoms with Gasteiger partial charge in [-0.1, -0.05) is 0 Å². The molecule has 20 heavy (non-hydrogen) atoms. The Morgan fingerprint density at radius 1 is 1.35 bits per heavy atom. The lowest BCUT2D eigenvalue weighted by molar-refractivity contribution is -0.121. The van der Waals surface area contributed by atoms with Crippen molar-refractivity contribution in [1.29, 1.82) is 0 Å². The Balaban J connectivity index is 2.65. The zero-order valence-electron chi connectivity index (χ0n) is 12.0. The lowest BCUT2D eigenvalue weighted by atomic mass is 10.2. The van der Waals surface area contributed by atoms with Crippen LogP contribution in [0.4, 0.5) is 0 Å². The maximum absolute atomic E-state index is 11.7. The lowest BCUT2D eigenvalue weighted by Gasteiger charge is -2.20. The van der Waals surface area contributed by atoms with E-state index < -0.39 is 10.0 Å². The molecule has 0 fully saturated rings. The van der Waals surface area contributed by atoms with Gasteiger partial charge in [-0.25, -0.2) is 8.42 Å². The fourth-order valence-corrected chi connectivity index (χ4v) is 2.48. The number of rotatable bonds is 7. The summed E-state index contributed by atoms with van der Waals surface area (Å²) in [5.41, 5.74) is 0.842. The first kappa shape index (κ1) is 16.6. The van der Waals surface area contributed by atoms with Gasteiger partial charge in [0.05, 0.1) is 6.26 Å². The van der Waals surface area contributed by atoms with Gasteiger partial charge in [-0.15, -0.1) is 0 Å². The highest BCUT2D eigenvalue weighted by Crippen LogP contribution is 2.08. The number of hydrogen-bond donors (Lipinski definition) is 1. The molecule has 0 aliphatic heterocycles. The normalized spacial score (nSPS) is 11.8. The van der Waals surface area contributed by atoms with Crippen LogP contribution in [0.5, 0.6) is 0 Å². The minimum absolute atomic E-state index is 0.0504. The van der Waals surface area contributed by atoms with Crippen molar-refractivity contribution < 1.29 is 13.2 Å². The molecule has 1 aromatic heterocycles. The standard InChI is InChI=1S/C13H21N3O3S/c1-11(2)15-13(17)6-9-16(20(3,18)19)10-12-4-7-14-8-5-12/h4-5,7-8,11H,6,9-10H2,1-3H3,(H,15,17). The molecule has 0 saturated carbocycles. The summed E-state index contributed by atoms with van der Waals surface area (Å²) in [6.07, 6.45) is 4.52. The summed E-state index contributed by atoms with van der Waals surface area (Å²) in [5, 5.41) is 2.74. The summed E-state index contributed by atoms with van der Waals surface area (Å²) in [5.74, 6) is -0.150. The minimum atomic E-state index is -3.35. The van der Waals surface area contributed by atoms with E-state index >= 15 is 0 Å². The molecule has 0 radical (unpaired) electrons. The molecular weight excluding hydrogens is 278 g/mol. The smallest absolute Gasteiger partial charge is 0.221 e. The molecular formula is C13H21N3O3S. The Morgan fingerprint density at radius 2 is 1.95 bits per heavy atom. The molecule has 0 aromatic carbocycles. The van der Waals surface area contributed by atoms with Crippen LogP contribution in [-0.4, -0.2) is 42.5 Å². The minimum Gasteiger partial charge on any atom is -0.354 e. The fraction of sp³-hybridized carbons (Fsp3) is 0.538. The second kappa shape index (κ2) is 7.35. The van der Waals surface area contributed by atoms with Crippen molar-refractivity contribution in [3.05, 3.63) is 30.1 Å². The average Bonchev–Trinajstić information content (AvgIpc) is 2.33. The van der Waals surface area contributed by atoms with E-state index in [1.54, 1.807) is 24.5 Å². The van der Waals surface area contributed by atoms with Gasteiger partial charge in [0.1, 0.15) is 0 Å². The van der Waals surface area contributed by atoms with Crippen LogP contribution >= 0.6 is 0 Å². The van der Waals surface area contributed by atoms with Crippen LogP contribution in [0, 0.1) is 0 Å². The molecule has 7 heteroatoms. The Morgan fingerprint density at radius 3 is 2.45 bits per heavy atom. The molecule has 112 valence electrons. The van der Waals surface area contributed by atoms with Crippen molar-refractivity contribution in [3.63, 3.8) is 0 Å². The number of carbonyl (C=O) groups excluding carboxylic acids is 1. The predicted molar refractivity (Wildman–Crippen MR) is 77.4 cm³/mol. The second-order valence-electron chi connectivity index (χ2n) is 4.92. The molecule has 0 bridgehead atoms. The molecule has 0 aliphatic rings. The number of hydrogen-bond acceptors (Lipinski definition) is 4. The molecule has 6 nitrogen and oxygen atoms in total. The molecule has 1 rings (SSSR count). The predicted octanol–water partition coefficient (Wildman–Crippen LogP) is 0.758. The third-order valence-corrected chi connectivity index (χ3v) is 3.86. The first-order valence-electron chi connectivity index (χ1n) is 6.42. The van der Waals surface area contributed by atoms with Gasteiger partial charge in [-0.3, -0.25) is 9.78 Å². The first-order chi connectivity index (χ1) is 9.29. The van der Waals surface area contributed by atoms with Gasteiger partial charge in [0.25, 0.3) is 0 Å². The number of pyridine rings is 1. The van der Waals surface area contributed by atoms with Gasteiger partial charge in [-0.05, 0) is 31.5 Å². The zero-order chi connectivity index (χ0) is 15.2. The van der Waals surface area contributed by atoms with E-state index in [0.29, 0.717) is 0 Å². The Labute approximate surface area is 120 Å². The molecule has 1 heterocycles. The van der Waals surface area contributed by atoms with Gasteiger partial charge < -0.3 is 5.32 Å². The summed E-state index contributed by atoms with van der Waals surface area (Å²) in [4.78, 5) is 15.5. The summed E-state index contributed by atoms with van der Waals surface area (Å²) in [6, 6.07) is 3.56. The van der Waals surface area contributed by atoms with Gasteiger partial charge in [0, 0.05) is 37.9 Å². The summed E-state index contributed by atoms with van der Waals surface area (Å²) in [7, 11) is -3.35. The van der Waals surface area contributed by atoms with Gasteiger partial charge in [-0.2, -0.15) is 4.31 Å². The van der Waals surface area contributed by atoms with Crippen molar-refractivity contribution in [1.82, 2.24) is 14.6 Å². The van der Waals surface area contributed by atoms with Crippen LogP contribution in [-0.2, 0) is 21.4 Å². The Hall–Kier alpha value is -1.47. The monoisotopic (exact) mass is 299 g/mol. The topological polar surface area (TPSA) is 79.4 Å². The quantitative estimate of drug-likeness (QED) is 0.806. The first-order valence-corrected chi connectivity index (χ1v) is 8.27. The number of sulfonamides is 1. The van der Waals surface area contributed by atoms with Crippen LogP contribution < -0.4 is 5.32 Å². The average molecular weight is 299 g/mol. The van der Waals surface area contributed by atoms with Crippen molar-refractivity contribution >= 4 is 15.9 Å². The largest absolute Gasteiger partial charge is 0.354 e. The van der Waals surface area contributed by atoms with Crippen LogP contribution in [0.25, 0.3) is 0 Å². The third-order valence-electron chi connectivity index (χ3n) is 2.62. The lowest BCUT2D eigenvalue weighted by Crippen LogP contribution is -2.36. The van der Waals surface area contributed by atoms with E-state index in [1.807, 2.05) is 13.8 Å². The highest BCUT2D eigenvalue weighted by molar-refractivity contribution is 7.88. The summed E-state index contributed by atoms with van der Waals surface area (Å²) >= 11 is 0. The molecule has 1 N–H and O–H groups in total. The van der Waals surface area contributed by atoms with E-state index in [-0.39, 0.29) is 31.5 Å². The van der Waals surface area contributed by atoms with E-state index in [9.17, 15) is 13.2 Å². The van der Waals surface area contributed by atoms with Gasteiger partial charge in [0.2, 0.25) is 15.9 Å². The fourth-order valence-electron chi connectivity index (χ4n) is 1.67. The van der Waals surface area contributed by atoms with Crippen LogP contribution in [0.1, 0.15) is 25.8 Å². The molecule has 0 aliphatic carbocycles. The molecule has 0 atom stereocenters. The molecule has 1 amide bonds. The third kappa shape index (κ3) is 6.12. The highest BCUT2D eigenvalue weighted by atomic mass is 32.2. The van der Waals surface area contributed by atoms with Crippen LogP contribution in [0.3, 0.4) is 0 Å². The van der Waals surface area contributed by atoms with Crippen molar-refractivity contribution in [2.75, 3.05) is 12.8 Å². The molecule has 0 saturated heterocycles. The Kier molecular flexibility index (Phi) is 6.09. The van der Waals surface area contributed by atoms with Crippen molar-refractivity contribution in [2.45, 2.75) is 32.9 Å².